The standard InChI is InChI=1S/C16H17N3O2S/c1-10-6-4-7-13(11(10)2)17-16(22)18-14-8-5-9-15(12(14)3)19(20)21/h4-9H,1-3H3,(H2,17,18,22). The Morgan fingerprint density at radius 1 is 1.00 bits per heavy atom. The maximum Gasteiger partial charge on any atom is 0.274 e. The highest BCUT2D eigenvalue weighted by molar-refractivity contribution is 7.80. The average Bonchev–Trinajstić information content (AvgIpc) is 2.46. The number of aryl methyl sites for hydroxylation is 1. The number of anilines is 2. The van der Waals surface area contributed by atoms with Gasteiger partial charge in [0, 0.05) is 11.8 Å². The van der Waals surface area contributed by atoms with Crippen molar-refractivity contribution in [3.8, 4) is 0 Å². The number of nitrogens with zero attached hydrogens (tertiary/aromatic N) is 1. The van der Waals surface area contributed by atoms with Crippen LogP contribution < -0.4 is 10.6 Å². The molecule has 0 aromatic heterocycles. The Labute approximate surface area is 134 Å². The van der Waals surface area contributed by atoms with Crippen LogP contribution in [0, 0.1) is 30.9 Å². The molecule has 0 spiro atoms. The van der Waals surface area contributed by atoms with Crippen LogP contribution in [0.15, 0.2) is 36.4 Å². The molecule has 2 rings (SSSR count). The number of nitro benzene ring substituents is 1. The van der Waals surface area contributed by atoms with E-state index >= 15 is 0 Å². The highest BCUT2D eigenvalue weighted by atomic mass is 32.1. The first-order chi connectivity index (χ1) is 10.4. The van der Waals surface area contributed by atoms with Gasteiger partial charge < -0.3 is 10.6 Å². The summed E-state index contributed by atoms with van der Waals surface area (Å²) in [5.41, 5.74) is 4.44. The van der Waals surface area contributed by atoms with Crippen LogP contribution in [0.1, 0.15) is 16.7 Å². The molecule has 2 N–H and O–H groups in total. The number of thiocarbonyl (C=S) groups is 1. The Balaban J connectivity index is 2.18. The molecular weight excluding hydrogens is 298 g/mol. The first kappa shape index (κ1) is 15.9. The van der Waals surface area contributed by atoms with E-state index in [0.29, 0.717) is 16.4 Å². The lowest BCUT2D eigenvalue weighted by Gasteiger charge is -2.15. The Kier molecular flexibility index (Phi) is 4.72. The molecule has 0 aliphatic rings. The van der Waals surface area contributed by atoms with E-state index in [9.17, 15) is 10.1 Å². The van der Waals surface area contributed by atoms with Crippen LogP contribution >= 0.6 is 12.2 Å². The van der Waals surface area contributed by atoms with Gasteiger partial charge in [-0.25, -0.2) is 0 Å². The van der Waals surface area contributed by atoms with E-state index in [1.165, 1.54) is 11.6 Å². The zero-order valence-corrected chi connectivity index (χ0v) is 13.5. The second-order valence-electron chi connectivity index (χ2n) is 5.03. The fraction of sp³-hybridized carbons (Fsp3) is 0.188. The van der Waals surface area contributed by atoms with Crippen molar-refractivity contribution in [1.82, 2.24) is 0 Å². The largest absolute Gasteiger partial charge is 0.332 e. The van der Waals surface area contributed by atoms with Gasteiger partial charge in [-0.2, -0.15) is 0 Å². The summed E-state index contributed by atoms with van der Waals surface area (Å²) in [5.74, 6) is 0. The third kappa shape index (κ3) is 3.40. The van der Waals surface area contributed by atoms with Gasteiger partial charge in [0.25, 0.3) is 5.69 Å². The highest BCUT2D eigenvalue weighted by Gasteiger charge is 2.14. The van der Waals surface area contributed by atoms with Gasteiger partial charge in [0.2, 0.25) is 0 Å². The zero-order valence-electron chi connectivity index (χ0n) is 12.6. The van der Waals surface area contributed by atoms with Crippen molar-refractivity contribution < 1.29 is 4.92 Å². The SMILES string of the molecule is Cc1cccc(NC(=S)Nc2cccc([N+](=O)[O-])c2C)c1C. The van der Waals surface area contributed by atoms with Gasteiger partial charge in [0.15, 0.2) is 5.11 Å². The highest BCUT2D eigenvalue weighted by Crippen LogP contribution is 2.25. The second-order valence-corrected chi connectivity index (χ2v) is 5.44. The van der Waals surface area contributed by atoms with Gasteiger partial charge in [-0.05, 0) is 56.2 Å². The molecule has 0 aliphatic heterocycles. The van der Waals surface area contributed by atoms with E-state index in [-0.39, 0.29) is 5.69 Å². The van der Waals surface area contributed by atoms with E-state index in [1.54, 1.807) is 19.1 Å². The smallest absolute Gasteiger partial charge is 0.274 e. The molecule has 0 fully saturated rings. The minimum atomic E-state index is -0.401. The molecule has 6 heteroatoms. The molecule has 0 amide bonds. The van der Waals surface area contributed by atoms with E-state index in [1.807, 2.05) is 32.0 Å². The molecule has 0 radical (unpaired) electrons. The lowest BCUT2D eigenvalue weighted by molar-refractivity contribution is -0.385. The molecule has 2 aromatic carbocycles. The normalized spacial score (nSPS) is 10.1. The van der Waals surface area contributed by atoms with E-state index in [4.69, 9.17) is 12.2 Å². The Morgan fingerprint density at radius 2 is 1.55 bits per heavy atom. The topological polar surface area (TPSA) is 67.2 Å². The predicted octanol–water partition coefficient (Wildman–Crippen LogP) is 4.33. The van der Waals surface area contributed by atoms with Gasteiger partial charge in [-0.3, -0.25) is 10.1 Å². The summed E-state index contributed by atoms with van der Waals surface area (Å²) in [6, 6.07) is 10.8. The molecule has 0 saturated carbocycles. The molecule has 0 heterocycles. The maximum absolute atomic E-state index is 11.0. The van der Waals surface area contributed by atoms with Crippen molar-refractivity contribution in [3.05, 3.63) is 63.2 Å². The monoisotopic (exact) mass is 315 g/mol. The van der Waals surface area contributed by atoms with Crippen molar-refractivity contribution in [2.24, 2.45) is 0 Å². The number of benzene rings is 2. The lowest BCUT2D eigenvalue weighted by Crippen LogP contribution is -2.20. The quantitative estimate of drug-likeness (QED) is 0.501. The van der Waals surface area contributed by atoms with Crippen LogP contribution in [-0.4, -0.2) is 10.0 Å². The minimum absolute atomic E-state index is 0.0690. The van der Waals surface area contributed by atoms with Gasteiger partial charge >= 0.3 is 0 Å². The average molecular weight is 315 g/mol. The van der Waals surface area contributed by atoms with Gasteiger partial charge in [0.05, 0.1) is 16.2 Å². The fourth-order valence-corrected chi connectivity index (χ4v) is 2.34. The summed E-state index contributed by atoms with van der Waals surface area (Å²) < 4.78 is 0. The molecule has 22 heavy (non-hydrogen) atoms. The number of nitrogens with one attached hydrogen (secondary N) is 2. The summed E-state index contributed by atoms with van der Waals surface area (Å²) in [7, 11) is 0. The Bertz CT molecular complexity index is 744. The van der Waals surface area contributed by atoms with Crippen LogP contribution in [0.4, 0.5) is 17.1 Å². The lowest BCUT2D eigenvalue weighted by atomic mass is 10.1. The zero-order chi connectivity index (χ0) is 16.3. The summed E-state index contributed by atoms with van der Waals surface area (Å²) >= 11 is 5.30. The van der Waals surface area contributed by atoms with Gasteiger partial charge in [-0.1, -0.05) is 18.2 Å². The molecule has 0 bridgehead atoms. The van der Waals surface area contributed by atoms with Crippen LogP contribution in [0.5, 0.6) is 0 Å². The summed E-state index contributed by atoms with van der Waals surface area (Å²) in [4.78, 5) is 10.6. The van der Waals surface area contributed by atoms with Crippen molar-refractivity contribution in [3.63, 3.8) is 0 Å². The number of nitro groups is 1. The number of rotatable bonds is 3. The molecular formula is C16H17N3O2S. The van der Waals surface area contributed by atoms with Gasteiger partial charge in [0.1, 0.15) is 0 Å². The minimum Gasteiger partial charge on any atom is -0.332 e. The van der Waals surface area contributed by atoms with Crippen molar-refractivity contribution in [2.75, 3.05) is 10.6 Å². The van der Waals surface area contributed by atoms with Gasteiger partial charge in [-0.15, -0.1) is 0 Å². The molecule has 0 aliphatic carbocycles. The molecule has 114 valence electrons. The van der Waals surface area contributed by atoms with Crippen LogP contribution in [0.3, 0.4) is 0 Å². The van der Waals surface area contributed by atoms with Crippen LogP contribution in [-0.2, 0) is 0 Å². The fourth-order valence-electron chi connectivity index (χ4n) is 2.12. The maximum atomic E-state index is 11.0. The van der Waals surface area contributed by atoms with Crippen LogP contribution in [0.25, 0.3) is 0 Å². The van der Waals surface area contributed by atoms with E-state index < -0.39 is 4.92 Å². The Morgan fingerprint density at radius 3 is 2.14 bits per heavy atom. The number of hydrogen-bond acceptors (Lipinski definition) is 3. The first-order valence-electron chi connectivity index (χ1n) is 6.78. The first-order valence-corrected chi connectivity index (χ1v) is 7.19. The third-order valence-corrected chi connectivity index (χ3v) is 3.81. The third-order valence-electron chi connectivity index (χ3n) is 3.60. The molecule has 5 nitrogen and oxygen atoms in total. The van der Waals surface area contributed by atoms with Crippen molar-refractivity contribution in [1.29, 1.82) is 0 Å². The number of hydrogen-bond donors (Lipinski definition) is 2. The van der Waals surface area contributed by atoms with Crippen molar-refractivity contribution >= 4 is 34.4 Å². The molecule has 0 unspecified atom stereocenters. The molecule has 0 atom stereocenters. The predicted molar refractivity (Wildman–Crippen MR) is 93.6 cm³/mol. The Hall–Kier alpha value is -2.47. The molecule has 0 saturated heterocycles. The summed E-state index contributed by atoms with van der Waals surface area (Å²) in [6.07, 6.45) is 0. The second kappa shape index (κ2) is 6.53. The summed E-state index contributed by atoms with van der Waals surface area (Å²) in [6.45, 7) is 5.74. The van der Waals surface area contributed by atoms with Crippen molar-refractivity contribution in [2.45, 2.75) is 20.8 Å². The van der Waals surface area contributed by atoms with E-state index in [2.05, 4.69) is 10.6 Å². The summed E-state index contributed by atoms with van der Waals surface area (Å²) in [5, 5.41) is 17.5. The molecule has 2 aromatic rings. The van der Waals surface area contributed by atoms with E-state index in [0.717, 1.165) is 11.3 Å². The van der Waals surface area contributed by atoms with Crippen LogP contribution in [0.2, 0.25) is 0 Å².